The topological polar surface area (TPSA) is 45.2 Å². The predicted molar refractivity (Wildman–Crippen MR) is 86.6 cm³/mol. The third kappa shape index (κ3) is 3.21. The van der Waals surface area contributed by atoms with Gasteiger partial charge in [0, 0.05) is 30.0 Å². The number of fused-ring (bicyclic) bond motifs is 1. The summed E-state index contributed by atoms with van der Waals surface area (Å²) in [5.41, 5.74) is 1.55. The molecule has 0 fully saturated rings. The van der Waals surface area contributed by atoms with E-state index in [9.17, 15) is 4.79 Å². The van der Waals surface area contributed by atoms with Gasteiger partial charge in [-0.25, -0.2) is 4.98 Å². The second-order valence-corrected chi connectivity index (χ2v) is 6.86. The lowest BCUT2D eigenvalue weighted by Crippen LogP contribution is -2.25. The lowest BCUT2D eigenvalue weighted by molar-refractivity contribution is 0.102. The van der Waals surface area contributed by atoms with E-state index in [4.69, 9.17) is 23.2 Å². The Morgan fingerprint density at radius 1 is 1.38 bits per heavy atom. The number of benzene rings is 1. The SMILES string of the molecule is CN1CCc2nc(NC(=O)c3ccc(Cl)c(Cl)c3)sc2C1. The maximum Gasteiger partial charge on any atom is 0.257 e. The normalized spacial score (nSPS) is 14.8. The maximum absolute atomic E-state index is 12.2. The zero-order valence-electron chi connectivity index (χ0n) is 11.3. The molecule has 2 aromatic rings. The first-order valence-electron chi connectivity index (χ1n) is 6.46. The molecular weight excluding hydrogens is 329 g/mol. The van der Waals surface area contributed by atoms with Crippen LogP contribution in [0.2, 0.25) is 10.0 Å². The lowest BCUT2D eigenvalue weighted by Gasteiger charge is -2.20. The van der Waals surface area contributed by atoms with Crippen LogP contribution in [0.4, 0.5) is 5.13 Å². The molecule has 1 aliphatic heterocycles. The summed E-state index contributed by atoms with van der Waals surface area (Å²) >= 11 is 13.3. The van der Waals surface area contributed by atoms with Crippen LogP contribution in [0.25, 0.3) is 0 Å². The van der Waals surface area contributed by atoms with Gasteiger partial charge >= 0.3 is 0 Å². The fraction of sp³-hybridized carbons (Fsp3) is 0.286. The Morgan fingerprint density at radius 3 is 2.95 bits per heavy atom. The molecule has 0 bridgehead atoms. The minimum Gasteiger partial charge on any atom is -0.301 e. The largest absolute Gasteiger partial charge is 0.301 e. The van der Waals surface area contributed by atoms with E-state index in [1.807, 2.05) is 0 Å². The highest BCUT2D eigenvalue weighted by Crippen LogP contribution is 2.28. The summed E-state index contributed by atoms with van der Waals surface area (Å²) < 4.78 is 0. The van der Waals surface area contributed by atoms with Crippen LogP contribution in [-0.4, -0.2) is 29.4 Å². The van der Waals surface area contributed by atoms with Gasteiger partial charge in [0.15, 0.2) is 5.13 Å². The van der Waals surface area contributed by atoms with Crippen molar-refractivity contribution in [3.8, 4) is 0 Å². The molecule has 0 unspecified atom stereocenters. The Labute approximate surface area is 136 Å². The van der Waals surface area contributed by atoms with E-state index in [-0.39, 0.29) is 5.91 Å². The van der Waals surface area contributed by atoms with Crippen molar-refractivity contribution in [2.45, 2.75) is 13.0 Å². The quantitative estimate of drug-likeness (QED) is 0.905. The molecule has 110 valence electrons. The molecule has 0 saturated carbocycles. The van der Waals surface area contributed by atoms with E-state index in [0.717, 1.165) is 25.2 Å². The summed E-state index contributed by atoms with van der Waals surface area (Å²) in [6.07, 6.45) is 0.922. The third-order valence-corrected chi connectivity index (χ3v) is 5.06. The number of halogens is 2. The molecule has 21 heavy (non-hydrogen) atoms. The average Bonchev–Trinajstić information content (AvgIpc) is 2.83. The van der Waals surface area contributed by atoms with E-state index in [2.05, 4.69) is 22.2 Å². The van der Waals surface area contributed by atoms with Crippen LogP contribution < -0.4 is 5.32 Å². The summed E-state index contributed by atoms with van der Waals surface area (Å²) in [5, 5.41) is 4.25. The summed E-state index contributed by atoms with van der Waals surface area (Å²) in [6, 6.07) is 4.81. The second kappa shape index (κ2) is 5.93. The number of nitrogens with zero attached hydrogens (tertiary/aromatic N) is 2. The predicted octanol–water partition coefficient (Wildman–Crippen LogP) is 3.69. The number of carbonyl (C=O) groups excluding carboxylic acids is 1. The van der Waals surface area contributed by atoms with Gasteiger partial charge in [0.25, 0.3) is 5.91 Å². The molecule has 0 aliphatic carbocycles. The summed E-state index contributed by atoms with van der Waals surface area (Å²) in [7, 11) is 2.08. The Bertz CT molecular complexity index is 702. The number of anilines is 1. The van der Waals surface area contributed by atoms with E-state index < -0.39 is 0 Å². The highest BCUT2D eigenvalue weighted by Gasteiger charge is 2.19. The van der Waals surface area contributed by atoms with Gasteiger partial charge < -0.3 is 4.90 Å². The molecule has 3 rings (SSSR count). The number of thiazole rings is 1. The first-order chi connectivity index (χ1) is 10.0. The zero-order valence-corrected chi connectivity index (χ0v) is 13.6. The summed E-state index contributed by atoms with van der Waals surface area (Å²) in [5.74, 6) is -0.229. The Balaban J connectivity index is 1.77. The molecule has 1 amide bonds. The molecule has 0 saturated heterocycles. The van der Waals surface area contributed by atoms with Crippen molar-refractivity contribution in [3.05, 3.63) is 44.4 Å². The number of rotatable bonds is 2. The molecule has 1 aromatic carbocycles. The van der Waals surface area contributed by atoms with Crippen LogP contribution in [0.15, 0.2) is 18.2 Å². The first kappa shape index (κ1) is 14.8. The molecule has 0 radical (unpaired) electrons. The Hall–Kier alpha value is -1.14. The smallest absolute Gasteiger partial charge is 0.257 e. The fourth-order valence-electron chi connectivity index (χ4n) is 2.18. The van der Waals surface area contributed by atoms with Crippen LogP contribution >= 0.6 is 34.5 Å². The molecule has 4 nitrogen and oxygen atoms in total. The van der Waals surface area contributed by atoms with Crippen molar-refractivity contribution < 1.29 is 4.79 Å². The first-order valence-corrected chi connectivity index (χ1v) is 8.03. The number of nitrogens with one attached hydrogen (secondary N) is 1. The van der Waals surface area contributed by atoms with E-state index in [1.54, 1.807) is 18.2 Å². The molecule has 1 aromatic heterocycles. The third-order valence-electron chi connectivity index (χ3n) is 3.32. The second-order valence-electron chi connectivity index (χ2n) is 4.96. The molecule has 1 aliphatic rings. The van der Waals surface area contributed by atoms with Gasteiger partial charge in [-0.3, -0.25) is 10.1 Å². The molecule has 1 N–H and O–H groups in total. The van der Waals surface area contributed by atoms with Crippen molar-refractivity contribution in [2.24, 2.45) is 0 Å². The lowest BCUT2D eigenvalue weighted by atomic mass is 10.2. The van der Waals surface area contributed by atoms with Crippen LogP contribution in [0, 0.1) is 0 Å². The average molecular weight is 342 g/mol. The molecule has 7 heteroatoms. The summed E-state index contributed by atoms with van der Waals surface area (Å²) in [4.78, 5) is 20.1. The van der Waals surface area contributed by atoms with Gasteiger partial charge in [0.2, 0.25) is 0 Å². The number of hydrogen-bond donors (Lipinski definition) is 1. The highest BCUT2D eigenvalue weighted by atomic mass is 35.5. The summed E-state index contributed by atoms with van der Waals surface area (Å²) in [6.45, 7) is 1.88. The monoisotopic (exact) mass is 341 g/mol. The number of hydrogen-bond acceptors (Lipinski definition) is 4. The Morgan fingerprint density at radius 2 is 2.19 bits per heavy atom. The van der Waals surface area contributed by atoms with Crippen molar-refractivity contribution in [3.63, 3.8) is 0 Å². The van der Waals surface area contributed by atoms with Gasteiger partial charge in [0.1, 0.15) is 0 Å². The molecule has 0 spiro atoms. The van der Waals surface area contributed by atoms with Gasteiger partial charge in [0.05, 0.1) is 15.7 Å². The van der Waals surface area contributed by atoms with E-state index in [1.165, 1.54) is 16.2 Å². The maximum atomic E-state index is 12.2. The van der Waals surface area contributed by atoms with Gasteiger partial charge in [-0.1, -0.05) is 23.2 Å². The molecule has 0 atom stereocenters. The van der Waals surface area contributed by atoms with Crippen molar-refractivity contribution in [1.29, 1.82) is 0 Å². The molecular formula is C14H13Cl2N3OS. The molecule has 2 heterocycles. The van der Waals surface area contributed by atoms with Crippen molar-refractivity contribution >= 4 is 45.6 Å². The number of likely N-dealkylation sites (N-methyl/N-ethyl adjacent to an activating group) is 1. The van der Waals surface area contributed by atoms with Crippen LogP contribution in [0.1, 0.15) is 20.9 Å². The van der Waals surface area contributed by atoms with Crippen LogP contribution in [-0.2, 0) is 13.0 Å². The number of aromatic nitrogens is 1. The van der Waals surface area contributed by atoms with Crippen molar-refractivity contribution in [1.82, 2.24) is 9.88 Å². The zero-order chi connectivity index (χ0) is 15.0. The van der Waals surface area contributed by atoms with Crippen molar-refractivity contribution in [2.75, 3.05) is 18.9 Å². The van der Waals surface area contributed by atoms with E-state index in [0.29, 0.717) is 20.7 Å². The minimum absolute atomic E-state index is 0.229. The van der Waals surface area contributed by atoms with Gasteiger partial charge in [-0.2, -0.15) is 0 Å². The minimum atomic E-state index is -0.229. The van der Waals surface area contributed by atoms with Crippen LogP contribution in [0.3, 0.4) is 0 Å². The number of carbonyl (C=O) groups is 1. The van der Waals surface area contributed by atoms with E-state index >= 15 is 0 Å². The fourth-order valence-corrected chi connectivity index (χ4v) is 3.56. The van der Waals surface area contributed by atoms with Crippen LogP contribution in [0.5, 0.6) is 0 Å². The Kier molecular flexibility index (Phi) is 4.17. The van der Waals surface area contributed by atoms with Gasteiger partial charge in [-0.05, 0) is 25.2 Å². The standard InChI is InChI=1S/C14H13Cl2N3OS/c1-19-5-4-11-12(7-19)21-14(17-11)18-13(20)8-2-3-9(15)10(16)6-8/h2-3,6H,4-5,7H2,1H3,(H,17,18,20). The highest BCUT2D eigenvalue weighted by molar-refractivity contribution is 7.15. The number of amides is 1. The van der Waals surface area contributed by atoms with Gasteiger partial charge in [-0.15, -0.1) is 11.3 Å².